The molecule has 0 aromatic heterocycles. The second-order valence-electron chi connectivity index (χ2n) is 7.16. The number of fused-ring (bicyclic) bond motifs is 5. The first-order chi connectivity index (χ1) is 10.2. The van der Waals surface area contributed by atoms with Gasteiger partial charge in [-0.05, 0) is 49.9 Å². The van der Waals surface area contributed by atoms with E-state index in [1.54, 1.807) is 0 Å². The maximum absolute atomic E-state index is 12.9. The van der Waals surface area contributed by atoms with Crippen molar-refractivity contribution in [1.29, 1.82) is 0 Å². The van der Waals surface area contributed by atoms with Crippen LogP contribution in [0.15, 0.2) is 0 Å². The molecule has 5 heteroatoms. The van der Waals surface area contributed by atoms with Gasteiger partial charge >= 0.3 is 0 Å². The standard InChI is InChI=1S/C16H25N3O2/c1-2-18-15(20)11-8-17-5-6-19(11)16(21)14-12-9-3-4-10(7-9)13(12)14/h9-14,17H,2-8H2,1H3,(H,18,20). The molecule has 4 aliphatic rings. The van der Waals surface area contributed by atoms with Crippen LogP contribution in [-0.2, 0) is 9.59 Å². The Morgan fingerprint density at radius 1 is 1.24 bits per heavy atom. The van der Waals surface area contributed by atoms with Gasteiger partial charge in [0.25, 0.3) is 0 Å². The molecule has 21 heavy (non-hydrogen) atoms. The quantitative estimate of drug-likeness (QED) is 0.782. The van der Waals surface area contributed by atoms with Crippen molar-refractivity contribution in [1.82, 2.24) is 15.5 Å². The summed E-state index contributed by atoms with van der Waals surface area (Å²) in [4.78, 5) is 27.0. The summed E-state index contributed by atoms with van der Waals surface area (Å²) >= 11 is 0. The summed E-state index contributed by atoms with van der Waals surface area (Å²) < 4.78 is 0. The van der Waals surface area contributed by atoms with Crippen LogP contribution in [-0.4, -0.2) is 48.9 Å². The van der Waals surface area contributed by atoms with Gasteiger partial charge in [-0.25, -0.2) is 0 Å². The van der Waals surface area contributed by atoms with Gasteiger partial charge < -0.3 is 15.5 Å². The van der Waals surface area contributed by atoms with Crippen LogP contribution < -0.4 is 10.6 Å². The molecular weight excluding hydrogens is 266 g/mol. The van der Waals surface area contributed by atoms with Crippen LogP contribution in [0.4, 0.5) is 0 Å². The summed E-state index contributed by atoms with van der Waals surface area (Å²) in [5, 5.41) is 6.11. The number of nitrogens with one attached hydrogen (secondary N) is 2. The molecule has 0 aromatic rings. The Labute approximate surface area is 125 Å². The molecule has 0 aromatic carbocycles. The number of carbonyl (C=O) groups excluding carboxylic acids is 2. The van der Waals surface area contributed by atoms with Gasteiger partial charge in [-0.3, -0.25) is 9.59 Å². The van der Waals surface area contributed by atoms with Crippen molar-refractivity contribution < 1.29 is 9.59 Å². The Morgan fingerprint density at radius 3 is 2.62 bits per heavy atom. The van der Waals surface area contributed by atoms with Gasteiger partial charge in [0.1, 0.15) is 6.04 Å². The zero-order valence-electron chi connectivity index (χ0n) is 12.7. The summed E-state index contributed by atoms with van der Waals surface area (Å²) in [6, 6.07) is -0.315. The van der Waals surface area contributed by atoms with Crippen LogP contribution in [0, 0.1) is 29.6 Å². The molecule has 1 aliphatic heterocycles. The third-order valence-corrected chi connectivity index (χ3v) is 6.20. The Balaban J connectivity index is 1.47. The minimum Gasteiger partial charge on any atom is -0.355 e. The summed E-state index contributed by atoms with van der Waals surface area (Å²) in [6.07, 6.45) is 4.02. The first-order valence-electron chi connectivity index (χ1n) is 8.51. The largest absolute Gasteiger partial charge is 0.355 e. The summed E-state index contributed by atoms with van der Waals surface area (Å²) in [7, 11) is 0. The smallest absolute Gasteiger partial charge is 0.244 e. The molecule has 5 unspecified atom stereocenters. The Morgan fingerprint density at radius 2 is 1.95 bits per heavy atom. The fourth-order valence-electron chi connectivity index (χ4n) is 5.34. The van der Waals surface area contributed by atoms with Gasteiger partial charge in [-0.15, -0.1) is 0 Å². The van der Waals surface area contributed by atoms with Gasteiger partial charge in [0.15, 0.2) is 0 Å². The highest BCUT2D eigenvalue weighted by Gasteiger charge is 2.68. The van der Waals surface area contributed by atoms with E-state index < -0.39 is 0 Å². The highest BCUT2D eigenvalue weighted by atomic mass is 16.2. The van der Waals surface area contributed by atoms with Crippen molar-refractivity contribution in [2.24, 2.45) is 29.6 Å². The van der Waals surface area contributed by atoms with Crippen molar-refractivity contribution in [2.75, 3.05) is 26.2 Å². The van der Waals surface area contributed by atoms with E-state index in [2.05, 4.69) is 10.6 Å². The van der Waals surface area contributed by atoms with Crippen molar-refractivity contribution in [3.05, 3.63) is 0 Å². The second kappa shape index (κ2) is 4.97. The Kier molecular flexibility index (Phi) is 3.21. The molecule has 4 rings (SSSR count). The molecule has 1 saturated heterocycles. The van der Waals surface area contributed by atoms with E-state index in [0.717, 1.165) is 18.4 Å². The molecule has 5 atom stereocenters. The van der Waals surface area contributed by atoms with Crippen LogP contribution in [0.2, 0.25) is 0 Å². The topological polar surface area (TPSA) is 61.4 Å². The van der Waals surface area contributed by atoms with E-state index in [4.69, 9.17) is 0 Å². The zero-order chi connectivity index (χ0) is 14.6. The molecule has 3 saturated carbocycles. The Bertz CT molecular complexity index is 450. The maximum atomic E-state index is 12.9. The van der Waals surface area contributed by atoms with Crippen LogP contribution in [0.1, 0.15) is 26.2 Å². The number of likely N-dealkylation sites (N-methyl/N-ethyl adjacent to an activating group) is 1. The van der Waals surface area contributed by atoms with Crippen molar-refractivity contribution >= 4 is 11.8 Å². The van der Waals surface area contributed by atoms with Gasteiger partial charge in [0, 0.05) is 32.1 Å². The summed E-state index contributed by atoms with van der Waals surface area (Å²) in [5.41, 5.74) is 0. The third-order valence-electron chi connectivity index (χ3n) is 6.20. The highest BCUT2D eigenvalue weighted by Crippen LogP contribution is 2.69. The molecule has 3 aliphatic carbocycles. The predicted octanol–water partition coefficient (Wildman–Crippen LogP) is 0.215. The summed E-state index contributed by atoms with van der Waals surface area (Å²) in [6.45, 7) is 4.61. The van der Waals surface area contributed by atoms with Gasteiger partial charge in [0.2, 0.25) is 11.8 Å². The van der Waals surface area contributed by atoms with E-state index in [1.165, 1.54) is 19.3 Å². The minimum absolute atomic E-state index is 0.00756. The van der Waals surface area contributed by atoms with E-state index in [0.29, 0.717) is 31.5 Å². The number of piperazine rings is 1. The molecule has 0 spiro atoms. The lowest BCUT2D eigenvalue weighted by Crippen LogP contribution is -2.60. The number of amides is 2. The molecule has 2 amide bonds. The average Bonchev–Trinajstić information content (AvgIpc) is 2.94. The van der Waals surface area contributed by atoms with Gasteiger partial charge in [-0.2, -0.15) is 0 Å². The second-order valence-corrected chi connectivity index (χ2v) is 7.16. The average molecular weight is 291 g/mol. The number of nitrogens with zero attached hydrogens (tertiary/aromatic N) is 1. The molecule has 2 bridgehead atoms. The lowest BCUT2D eigenvalue weighted by molar-refractivity contribution is -0.143. The zero-order valence-corrected chi connectivity index (χ0v) is 12.7. The summed E-state index contributed by atoms with van der Waals surface area (Å²) in [5.74, 6) is 3.42. The van der Waals surface area contributed by atoms with E-state index in [1.807, 2.05) is 11.8 Å². The van der Waals surface area contributed by atoms with Gasteiger partial charge in [0.05, 0.1) is 0 Å². The fraction of sp³-hybridized carbons (Fsp3) is 0.875. The number of carbonyl (C=O) groups is 2. The highest BCUT2D eigenvalue weighted by molar-refractivity contribution is 5.90. The van der Waals surface area contributed by atoms with E-state index in [9.17, 15) is 9.59 Å². The fourth-order valence-corrected chi connectivity index (χ4v) is 5.34. The van der Waals surface area contributed by atoms with E-state index in [-0.39, 0.29) is 23.8 Å². The van der Waals surface area contributed by atoms with Crippen LogP contribution in [0.3, 0.4) is 0 Å². The molecule has 4 fully saturated rings. The normalized spacial score (nSPS) is 43.6. The number of hydrogen-bond acceptors (Lipinski definition) is 3. The third kappa shape index (κ3) is 2.00. The lowest BCUT2D eigenvalue weighted by atomic mass is 10.0. The van der Waals surface area contributed by atoms with Crippen molar-refractivity contribution in [3.8, 4) is 0 Å². The maximum Gasteiger partial charge on any atom is 0.244 e. The van der Waals surface area contributed by atoms with Crippen LogP contribution in [0.25, 0.3) is 0 Å². The first-order valence-corrected chi connectivity index (χ1v) is 8.51. The number of rotatable bonds is 3. The molecular formula is C16H25N3O2. The van der Waals surface area contributed by atoms with Crippen molar-refractivity contribution in [2.45, 2.75) is 32.2 Å². The molecule has 2 N–H and O–H groups in total. The monoisotopic (exact) mass is 291 g/mol. The molecule has 5 nitrogen and oxygen atoms in total. The van der Waals surface area contributed by atoms with Crippen LogP contribution >= 0.6 is 0 Å². The predicted molar refractivity (Wildman–Crippen MR) is 78.4 cm³/mol. The van der Waals surface area contributed by atoms with E-state index >= 15 is 0 Å². The van der Waals surface area contributed by atoms with Crippen molar-refractivity contribution in [3.63, 3.8) is 0 Å². The molecule has 0 radical (unpaired) electrons. The molecule has 1 heterocycles. The SMILES string of the molecule is CCNC(=O)C1CNCCN1C(=O)C1C2C3CCC(C3)C12. The lowest BCUT2D eigenvalue weighted by Gasteiger charge is -2.35. The van der Waals surface area contributed by atoms with Crippen LogP contribution in [0.5, 0.6) is 0 Å². The minimum atomic E-state index is -0.315. The Hall–Kier alpha value is -1.10. The first kappa shape index (κ1) is 13.6. The molecule has 116 valence electrons. The van der Waals surface area contributed by atoms with Gasteiger partial charge in [-0.1, -0.05) is 0 Å². The number of hydrogen-bond donors (Lipinski definition) is 2.